The first-order valence-corrected chi connectivity index (χ1v) is 14.6. The molecule has 44 heavy (non-hydrogen) atoms. The number of benzene rings is 2. The third-order valence-corrected chi connectivity index (χ3v) is 7.64. The lowest BCUT2D eigenvalue weighted by molar-refractivity contribution is -0.136. The lowest BCUT2D eigenvalue weighted by Crippen LogP contribution is -2.39. The van der Waals surface area contributed by atoms with Crippen LogP contribution in [-0.2, 0) is 52.2 Å². The number of carbonyl (C=O) groups is 1. The van der Waals surface area contributed by atoms with Crippen LogP contribution in [0.15, 0.2) is 81.6 Å². The molecule has 1 aliphatic heterocycles. The van der Waals surface area contributed by atoms with Crippen molar-refractivity contribution in [1.29, 1.82) is 0 Å². The third-order valence-electron chi connectivity index (χ3n) is 6.66. The van der Waals surface area contributed by atoms with Crippen molar-refractivity contribution in [3.63, 3.8) is 0 Å². The topological polar surface area (TPSA) is 190 Å². The zero-order chi connectivity index (χ0) is 32.9. The number of fused-ring (bicyclic) bond motifs is 1. The fourth-order valence-electron chi connectivity index (χ4n) is 4.29. The molecule has 232 valence electrons. The van der Waals surface area contributed by atoms with Crippen molar-refractivity contribution in [2.24, 2.45) is 33.2 Å². The Balaban J connectivity index is 0.000000196. The second kappa shape index (κ2) is 14.3. The zero-order valence-corrected chi connectivity index (χ0v) is 27.5. The van der Waals surface area contributed by atoms with Crippen LogP contribution < -0.4 is 34.0 Å². The van der Waals surface area contributed by atoms with E-state index in [1.165, 1.54) is 25.7 Å². The molecule has 0 spiro atoms. The predicted molar refractivity (Wildman–Crippen MR) is 177 cm³/mol. The van der Waals surface area contributed by atoms with Crippen LogP contribution >= 0.6 is 31.9 Å². The van der Waals surface area contributed by atoms with Crippen LogP contribution in [0.5, 0.6) is 0 Å². The van der Waals surface area contributed by atoms with Gasteiger partial charge in [0, 0.05) is 55.7 Å². The Kier molecular flexibility index (Phi) is 11.1. The van der Waals surface area contributed by atoms with E-state index in [1.54, 1.807) is 19.2 Å². The fourth-order valence-corrected chi connectivity index (χ4v) is 5.18. The monoisotopic (exact) mass is 731 g/mol. The summed E-state index contributed by atoms with van der Waals surface area (Å²) in [5, 5.41) is 8.44. The molecule has 0 fully saturated rings. The second-order valence-corrected chi connectivity index (χ2v) is 11.7. The van der Waals surface area contributed by atoms with Gasteiger partial charge < -0.3 is 16.6 Å². The molecule has 0 bridgehead atoms. The predicted octanol–water partition coefficient (Wildman–Crippen LogP) is 2.04. The van der Waals surface area contributed by atoms with Crippen LogP contribution in [0.1, 0.15) is 16.7 Å². The van der Waals surface area contributed by atoms with Crippen LogP contribution in [0.3, 0.4) is 0 Å². The van der Waals surface area contributed by atoms with Crippen LogP contribution in [-0.4, -0.2) is 35.1 Å². The van der Waals surface area contributed by atoms with Crippen LogP contribution in [0, 0.1) is 0 Å². The van der Waals surface area contributed by atoms with E-state index >= 15 is 0 Å². The number of nitrogen functional groups attached to an aromatic ring is 2. The standard InChI is InChI=1S/C15H14BrN3O2.C8H7BrO2.C6H10N4O2/c1-18-13-12(14(20)19(2)15(18)21)8-11(17-13)7-9-4-3-5-10(16)6-9;9-7-3-1-2-6(4-7)5-8(10)11;1-9-4(8)3(7)5(11)10(2)6(9)12/h3-6H,7-8H2,1-2H3;1-4H,5H2,(H,10,11);7-8H2,1-2H3. The number of halogens is 2. The molecule has 1 aliphatic rings. The minimum absolute atomic E-state index is 0.00287. The van der Waals surface area contributed by atoms with Crippen LogP contribution in [0.25, 0.3) is 0 Å². The summed E-state index contributed by atoms with van der Waals surface area (Å²) in [7, 11) is 5.94. The fraction of sp³-hybridized carbons (Fsp3) is 0.241. The zero-order valence-electron chi connectivity index (χ0n) is 24.4. The molecule has 5 rings (SSSR count). The molecule has 2 aromatic heterocycles. The first kappa shape index (κ1) is 34.0. The van der Waals surface area contributed by atoms with E-state index in [9.17, 15) is 24.0 Å². The second-order valence-electron chi connectivity index (χ2n) is 9.87. The Hall–Kier alpha value is -4.50. The largest absolute Gasteiger partial charge is 0.481 e. The highest BCUT2D eigenvalue weighted by Gasteiger charge is 2.23. The quantitative estimate of drug-likeness (QED) is 0.284. The van der Waals surface area contributed by atoms with E-state index in [0.29, 0.717) is 24.2 Å². The lowest BCUT2D eigenvalue weighted by atomic mass is 10.1. The summed E-state index contributed by atoms with van der Waals surface area (Å²) >= 11 is 6.70. The van der Waals surface area contributed by atoms with Gasteiger partial charge in [-0.15, -0.1) is 0 Å². The highest BCUT2D eigenvalue weighted by Crippen LogP contribution is 2.23. The molecule has 0 radical (unpaired) electrons. The first-order chi connectivity index (χ1) is 20.6. The number of aliphatic imine (C=N–C) groups is 1. The lowest BCUT2D eigenvalue weighted by Gasteiger charge is -2.07. The molecule has 2 aromatic carbocycles. The van der Waals surface area contributed by atoms with Crippen molar-refractivity contribution in [1.82, 2.24) is 18.3 Å². The summed E-state index contributed by atoms with van der Waals surface area (Å²) in [5.41, 5.74) is 12.4. The summed E-state index contributed by atoms with van der Waals surface area (Å²) in [6, 6.07) is 15.3. The third kappa shape index (κ3) is 7.90. The number of rotatable bonds is 4. The molecule has 0 unspecified atom stereocenters. The Morgan fingerprint density at radius 3 is 1.91 bits per heavy atom. The summed E-state index contributed by atoms with van der Waals surface area (Å²) in [6.45, 7) is 0. The van der Waals surface area contributed by atoms with Gasteiger partial charge in [-0.25, -0.2) is 14.6 Å². The summed E-state index contributed by atoms with van der Waals surface area (Å²) in [5.74, 6) is -0.306. The van der Waals surface area contributed by atoms with Gasteiger partial charge in [-0.05, 0) is 35.4 Å². The SMILES string of the molecule is Cn1c(N)c(N)c(=O)n(C)c1=O.Cn1c2c(c(=O)n(C)c1=O)CC(Cc1cccc(Br)c1)=N2.O=C(O)Cc1cccc(Br)c1. The number of hydrogen-bond donors (Lipinski definition) is 3. The van der Waals surface area contributed by atoms with Crippen molar-refractivity contribution in [3.05, 3.63) is 116 Å². The smallest absolute Gasteiger partial charge is 0.332 e. The van der Waals surface area contributed by atoms with Gasteiger partial charge in [-0.2, -0.15) is 0 Å². The Morgan fingerprint density at radius 1 is 0.818 bits per heavy atom. The first-order valence-electron chi connectivity index (χ1n) is 13.0. The van der Waals surface area contributed by atoms with Gasteiger partial charge >= 0.3 is 17.3 Å². The van der Waals surface area contributed by atoms with Gasteiger partial charge in [0.2, 0.25) is 0 Å². The van der Waals surface area contributed by atoms with E-state index in [-0.39, 0.29) is 29.2 Å². The maximum absolute atomic E-state index is 12.2. The van der Waals surface area contributed by atoms with E-state index in [4.69, 9.17) is 16.6 Å². The molecule has 0 saturated heterocycles. The molecule has 0 atom stereocenters. The van der Waals surface area contributed by atoms with E-state index in [2.05, 4.69) is 36.9 Å². The normalized spacial score (nSPS) is 11.5. The number of nitrogens with zero attached hydrogens (tertiary/aromatic N) is 5. The molecular weight excluding hydrogens is 702 g/mol. The number of carboxylic acids is 1. The molecule has 4 aromatic rings. The van der Waals surface area contributed by atoms with Gasteiger partial charge in [-0.1, -0.05) is 56.1 Å². The molecule has 3 heterocycles. The average Bonchev–Trinajstić information content (AvgIpc) is 3.40. The average molecular weight is 733 g/mol. The van der Waals surface area contributed by atoms with E-state index in [1.807, 2.05) is 36.4 Å². The Morgan fingerprint density at radius 2 is 1.34 bits per heavy atom. The van der Waals surface area contributed by atoms with Crippen molar-refractivity contribution < 1.29 is 9.90 Å². The minimum Gasteiger partial charge on any atom is -0.481 e. The highest BCUT2D eigenvalue weighted by molar-refractivity contribution is 9.10. The number of anilines is 2. The molecular formula is C29H31Br2N7O6. The van der Waals surface area contributed by atoms with Crippen molar-refractivity contribution in [2.75, 3.05) is 11.5 Å². The molecule has 5 N–H and O–H groups in total. The van der Waals surface area contributed by atoms with Crippen LogP contribution in [0.4, 0.5) is 17.3 Å². The molecule has 0 saturated carbocycles. The number of aliphatic carboxylic acids is 1. The molecule has 0 aliphatic carbocycles. The summed E-state index contributed by atoms with van der Waals surface area (Å²) in [4.78, 5) is 61.1. The van der Waals surface area contributed by atoms with E-state index < -0.39 is 17.2 Å². The van der Waals surface area contributed by atoms with E-state index in [0.717, 1.165) is 39.5 Å². The molecule has 15 heteroatoms. The van der Waals surface area contributed by atoms with Gasteiger partial charge in [0.1, 0.15) is 17.3 Å². The van der Waals surface area contributed by atoms with Gasteiger partial charge in [0.05, 0.1) is 12.0 Å². The van der Waals surface area contributed by atoms with Crippen molar-refractivity contribution in [2.45, 2.75) is 19.3 Å². The van der Waals surface area contributed by atoms with Crippen LogP contribution in [0.2, 0.25) is 0 Å². The number of nitrogens with two attached hydrogens (primary N) is 2. The molecule has 13 nitrogen and oxygen atoms in total. The molecule has 0 amide bonds. The number of aromatic nitrogens is 4. The minimum atomic E-state index is -0.803. The van der Waals surface area contributed by atoms with Gasteiger partial charge in [-0.3, -0.25) is 32.7 Å². The number of hydrogen-bond acceptors (Lipinski definition) is 8. The maximum Gasteiger partial charge on any atom is 0.332 e. The van der Waals surface area contributed by atoms with Gasteiger partial charge in [0.15, 0.2) is 0 Å². The Bertz CT molecular complexity index is 1970. The highest BCUT2D eigenvalue weighted by atomic mass is 79.9. The summed E-state index contributed by atoms with van der Waals surface area (Å²) < 4.78 is 6.53. The summed E-state index contributed by atoms with van der Waals surface area (Å²) in [6.07, 6.45) is 1.26. The van der Waals surface area contributed by atoms with Gasteiger partial charge in [0.25, 0.3) is 11.1 Å². The number of carboxylic acid groups (broad SMARTS) is 1. The Labute approximate surface area is 268 Å². The van der Waals surface area contributed by atoms with Crippen molar-refractivity contribution >= 4 is 60.9 Å². The maximum atomic E-state index is 12.2. The van der Waals surface area contributed by atoms with Crippen molar-refractivity contribution in [3.8, 4) is 0 Å².